The number of nitrogens with one attached hydrogen (secondary N) is 2. The highest BCUT2D eigenvalue weighted by Gasteiger charge is 2.15. The lowest BCUT2D eigenvalue weighted by Crippen LogP contribution is -2.26. The number of rotatable bonds is 6. The number of halogens is 2. The Bertz CT molecular complexity index is 405. The number of benzene rings is 1. The van der Waals surface area contributed by atoms with Crippen LogP contribution in [0.1, 0.15) is 24.8 Å². The van der Waals surface area contributed by atoms with Crippen molar-refractivity contribution in [1.29, 1.82) is 0 Å². The van der Waals surface area contributed by atoms with Gasteiger partial charge in [-0.3, -0.25) is 4.79 Å². The fourth-order valence-electron chi connectivity index (χ4n) is 2.38. The Morgan fingerprint density at radius 3 is 2.75 bits per heavy atom. The van der Waals surface area contributed by atoms with E-state index in [1.165, 1.54) is 12.0 Å². The molecule has 1 aromatic rings. The summed E-state index contributed by atoms with van der Waals surface area (Å²) in [6, 6.07) is 8.23. The molecule has 1 aliphatic heterocycles. The van der Waals surface area contributed by atoms with E-state index in [0.29, 0.717) is 12.3 Å². The molecule has 5 heteroatoms. The summed E-state index contributed by atoms with van der Waals surface area (Å²) in [7, 11) is 0. The number of carbonyl (C=O) groups excluding carboxylic acids is 1. The summed E-state index contributed by atoms with van der Waals surface area (Å²) in [6.07, 6.45) is 3.78. The van der Waals surface area contributed by atoms with Crippen molar-refractivity contribution in [3.63, 3.8) is 0 Å². The molecule has 1 fully saturated rings. The molecule has 0 bridgehead atoms. The second-order valence-corrected chi connectivity index (χ2v) is 6.04. The summed E-state index contributed by atoms with van der Waals surface area (Å²) in [4.78, 5) is 11.7. The molecule has 1 heterocycles. The number of hydrogen-bond acceptors (Lipinski definition) is 2. The molecule has 1 saturated heterocycles. The zero-order valence-corrected chi connectivity index (χ0v) is 13.9. The van der Waals surface area contributed by atoms with Crippen LogP contribution in [0.15, 0.2) is 28.7 Å². The molecule has 0 aromatic heterocycles. The van der Waals surface area contributed by atoms with Crippen molar-refractivity contribution in [2.75, 3.05) is 19.6 Å². The minimum Gasteiger partial charge on any atom is -0.356 e. The van der Waals surface area contributed by atoms with Gasteiger partial charge >= 0.3 is 0 Å². The Morgan fingerprint density at radius 1 is 1.35 bits per heavy atom. The fraction of sp³-hybridized carbons (Fsp3) is 0.533. The normalized spacial score (nSPS) is 17.6. The van der Waals surface area contributed by atoms with Gasteiger partial charge in [-0.2, -0.15) is 0 Å². The highest BCUT2D eigenvalue weighted by Crippen LogP contribution is 2.14. The Labute approximate surface area is 135 Å². The molecule has 0 saturated carbocycles. The van der Waals surface area contributed by atoms with E-state index in [2.05, 4.69) is 38.7 Å². The van der Waals surface area contributed by atoms with Crippen LogP contribution in [0.4, 0.5) is 0 Å². The first kappa shape index (κ1) is 17.5. The molecule has 1 amide bonds. The predicted molar refractivity (Wildman–Crippen MR) is 88.3 cm³/mol. The maximum absolute atomic E-state index is 11.7. The van der Waals surface area contributed by atoms with Crippen LogP contribution in [0.2, 0.25) is 0 Å². The third-order valence-corrected chi connectivity index (χ3v) is 4.12. The van der Waals surface area contributed by atoms with Crippen molar-refractivity contribution in [3.05, 3.63) is 34.3 Å². The molecule has 2 N–H and O–H groups in total. The van der Waals surface area contributed by atoms with E-state index in [1.54, 1.807) is 0 Å². The van der Waals surface area contributed by atoms with Crippen LogP contribution in [0.3, 0.4) is 0 Å². The fourth-order valence-corrected chi connectivity index (χ4v) is 2.65. The van der Waals surface area contributed by atoms with Crippen molar-refractivity contribution in [2.45, 2.75) is 25.7 Å². The Morgan fingerprint density at radius 2 is 2.10 bits per heavy atom. The minimum absolute atomic E-state index is 0. The number of amides is 1. The smallest absolute Gasteiger partial charge is 0.220 e. The van der Waals surface area contributed by atoms with Crippen molar-refractivity contribution in [1.82, 2.24) is 10.6 Å². The van der Waals surface area contributed by atoms with Crippen LogP contribution in [0.25, 0.3) is 0 Å². The SMILES string of the molecule is Cl.O=C(CCC1CCNC1)NCCc1ccc(Br)cc1. The van der Waals surface area contributed by atoms with Crippen molar-refractivity contribution in [3.8, 4) is 0 Å². The van der Waals surface area contributed by atoms with Crippen LogP contribution < -0.4 is 10.6 Å². The molecule has 0 radical (unpaired) electrons. The summed E-state index contributed by atoms with van der Waals surface area (Å²) in [5.41, 5.74) is 1.25. The summed E-state index contributed by atoms with van der Waals surface area (Å²) >= 11 is 3.41. The molecular weight excluding hydrogens is 340 g/mol. The van der Waals surface area contributed by atoms with E-state index in [9.17, 15) is 4.79 Å². The van der Waals surface area contributed by atoms with Gasteiger partial charge in [0.15, 0.2) is 0 Å². The Kier molecular flexibility index (Phi) is 8.19. The monoisotopic (exact) mass is 360 g/mol. The standard InChI is InChI=1S/C15H21BrN2O.ClH/c16-14-4-1-12(2-5-14)8-10-18-15(19)6-3-13-7-9-17-11-13;/h1-2,4-5,13,17H,3,6-11H2,(H,18,19);1H. The molecule has 2 rings (SSSR count). The maximum atomic E-state index is 11.7. The van der Waals surface area contributed by atoms with E-state index >= 15 is 0 Å². The molecule has 0 spiro atoms. The quantitative estimate of drug-likeness (QED) is 0.818. The van der Waals surface area contributed by atoms with Gasteiger partial charge in [0.05, 0.1) is 0 Å². The molecule has 1 unspecified atom stereocenters. The predicted octanol–water partition coefficient (Wildman–Crippen LogP) is 2.92. The van der Waals surface area contributed by atoms with Gasteiger partial charge < -0.3 is 10.6 Å². The molecule has 1 aliphatic rings. The lowest BCUT2D eigenvalue weighted by Gasteiger charge is -2.08. The van der Waals surface area contributed by atoms with Crippen molar-refractivity contribution >= 4 is 34.2 Å². The van der Waals surface area contributed by atoms with E-state index in [4.69, 9.17) is 0 Å². The van der Waals surface area contributed by atoms with Crippen LogP contribution in [-0.2, 0) is 11.2 Å². The zero-order chi connectivity index (χ0) is 13.5. The van der Waals surface area contributed by atoms with Crippen LogP contribution >= 0.6 is 28.3 Å². The van der Waals surface area contributed by atoms with Crippen LogP contribution in [0.5, 0.6) is 0 Å². The van der Waals surface area contributed by atoms with Gasteiger partial charge in [-0.05, 0) is 56.0 Å². The number of hydrogen-bond donors (Lipinski definition) is 2. The largest absolute Gasteiger partial charge is 0.356 e. The highest BCUT2D eigenvalue weighted by molar-refractivity contribution is 9.10. The zero-order valence-electron chi connectivity index (χ0n) is 11.5. The second-order valence-electron chi connectivity index (χ2n) is 5.12. The number of carbonyl (C=O) groups is 1. The van der Waals surface area contributed by atoms with E-state index in [1.807, 2.05) is 12.1 Å². The summed E-state index contributed by atoms with van der Waals surface area (Å²) in [6.45, 7) is 2.91. The van der Waals surface area contributed by atoms with E-state index < -0.39 is 0 Å². The molecule has 20 heavy (non-hydrogen) atoms. The average Bonchev–Trinajstić information content (AvgIpc) is 2.92. The molecule has 1 atom stereocenters. The topological polar surface area (TPSA) is 41.1 Å². The first-order chi connectivity index (χ1) is 9.24. The van der Waals surface area contributed by atoms with Crippen LogP contribution in [0, 0.1) is 5.92 Å². The third kappa shape index (κ3) is 6.25. The van der Waals surface area contributed by atoms with Gasteiger partial charge in [-0.15, -0.1) is 12.4 Å². The van der Waals surface area contributed by atoms with E-state index in [-0.39, 0.29) is 18.3 Å². The third-order valence-electron chi connectivity index (χ3n) is 3.59. The molecule has 1 aromatic carbocycles. The van der Waals surface area contributed by atoms with Gasteiger partial charge in [0, 0.05) is 17.4 Å². The van der Waals surface area contributed by atoms with Gasteiger partial charge in [-0.1, -0.05) is 28.1 Å². The minimum atomic E-state index is 0. The van der Waals surface area contributed by atoms with Gasteiger partial charge in [0.1, 0.15) is 0 Å². The molecule has 0 aliphatic carbocycles. The first-order valence-corrected chi connectivity index (χ1v) is 7.75. The summed E-state index contributed by atoms with van der Waals surface area (Å²) in [5.74, 6) is 0.876. The lowest BCUT2D eigenvalue weighted by molar-refractivity contribution is -0.121. The molecule has 3 nitrogen and oxygen atoms in total. The maximum Gasteiger partial charge on any atom is 0.220 e. The van der Waals surface area contributed by atoms with Gasteiger partial charge in [-0.25, -0.2) is 0 Å². The van der Waals surface area contributed by atoms with Crippen LogP contribution in [-0.4, -0.2) is 25.5 Å². The van der Waals surface area contributed by atoms with Gasteiger partial charge in [0.2, 0.25) is 5.91 Å². The summed E-state index contributed by atoms with van der Waals surface area (Å²) < 4.78 is 1.09. The molecular formula is C15H22BrClN2O. The Balaban J connectivity index is 0.00000200. The average molecular weight is 362 g/mol. The highest BCUT2D eigenvalue weighted by atomic mass is 79.9. The van der Waals surface area contributed by atoms with E-state index in [0.717, 1.165) is 36.9 Å². The second kappa shape index (κ2) is 9.37. The first-order valence-electron chi connectivity index (χ1n) is 6.96. The molecule has 112 valence electrons. The van der Waals surface area contributed by atoms with Crippen molar-refractivity contribution in [2.24, 2.45) is 5.92 Å². The van der Waals surface area contributed by atoms with Crippen molar-refractivity contribution < 1.29 is 4.79 Å². The van der Waals surface area contributed by atoms with Gasteiger partial charge in [0.25, 0.3) is 0 Å². The lowest BCUT2D eigenvalue weighted by atomic mass is 10.0. The summed E-state index contributed by atoms with van der Waals surface area (Å²) in [5, 5.41) is 6.33. The Hall–Kier alpha value is -0.580.